The van der Waals surface area contributed by atoms with Crippen LogP contribution in [0.25, 0.3) is 22.4 Å². The Morgan fingerprint density at radius 3 is 2.32 bits per heavy atom. The highest BCUT2D eigenvalue weighted by molar-refractivity contribution is 6.24. The van der Waals surface area contributed by atoms with Crippen LogP contribution in [0, 0.1) is 0 Å². The number of halogens is 6. The Morgan fingerprint density at radius 2 is 1.59 bits per heavy atom. The maximum Gasteiger partial charge on any atom is 0.435 e. The van der Waals surface area contributed by atoms with Gasteiger partial charge in [0.15, 0.2) is 5.69 Å². The van der Waals surface area contributed by atoms with E-state index in [-0.39, 0.29) is 117 Å². The summed E-state index contributed by atoms with van der Waals surface area (Å²) in [5.41, 5.74) is -2.95. The zero-order chi connectivity index (χ0) is 48.6. The van der Waals surface area contributed by atoms with Gasteiger partial charge in [-0.3, -0.25) is 44.3 Å². The number of nitrogens with one attached hydrogen (secondary N) is 3. The number of benzene rings is 2. The minimum absolute atomic E-state index is 0.00607. The van der Waals surface area contributed by atoms with Gasteiger partial charge in [-0.05, 0) is 42.8 Å². The van der Waals surface area contributed by atoms with Crippen LogP contribution in [0.5, 0.6) is 17.2 Å². The number of ether oxygens (including phenoxy) is 5. The fourth-order valence-corrected chi connectivity index (χ4v) is 6.96. The summed E-state index contributed by atoms with van der Waals surface area (Å²) in [5, 5.41) is 29.3. The smallest absolute Gasteiger partial charge is 0.435 e. The number of piperidine rings is 1. The second-order valence-corrected chi connectivity index (χ2v) is 14.8. The summed E-state index contributed by atoms with van der Waals surface area (Å²) in [6.07, 6.45) is -6.40. The van der Waals surface area contributed by atoms with E-state index in [0.29, 0.717) is 30.6 Å². The van der Waals surface area contributed by atoms with Crippen molar-refractivity contribution in [3.8, 4) is 39.6 Å². The lowest BCUT2D eigenvalue weighted by Gasteiger charge is -2.27. The number of H-pyrrole nitrogens is 1. The third-order valence-corrected chi connectivity index (χ3v) is 10.2. The topological polar surface area (TPSA) is 251 Å². The molecule has 1 atom stereocenters. The molecular weight excluding hydrogens is 921 g/mol. The summed E-state index contributed by atoms with van der Waals surface area (Å²) < 4.78 is 109. The van der Waals surface area contributed by atoms with Crippen LogP contribution in [0.15, 0.2) is 61.1 Å². The molecule has 0 spiro atoms. The predicted molar refractivity (Wildman–Crippen MR) is 217 cm³/mol. The maximum absolute atomic E-state index is 13.5. The van der Waals surface area contributed by atoms with Gasteiger partial charge in [0.05, 0.1) is 80.3 Å². The summed E-state index contributed by atoms with van der Waals surface area (Å²) in [5.74, 6) is -3.83. The van der Waals surface area contributed by atoms with E-state index in [1.54, 1.807) is 12.3 Å². The van der Waals surface area contributed by atoms with E-state index in [2.05, 4.69) is 36.1 Å². The second-order valence-electron chi connectivity index (χ2n) is 14.8. The number of hydrogen-bond acceptors (Lipinski definition) is 15. The number of aromatic hydroxyl groups is 1. The normalized spacial score (nSPS) is 15.1. The van der Waals surface area contributed by atoms with Crippen LogP contribution in [-0.4, -0.2) is 129 Å². The number of phenolic OH excluding ortho intramolecular Hbond substituents is 1. The molecule has 3 aromatic heterocycles. The number of aromatic amines is 1. The molecule has 5 heterocycles. The number of hydrogen-bond donors (Lipinski definition) is 4. The molecule has 2 aliphatic heterocycles. The van der Waals surface area contributed by atoms with Crippen molar-refractivity contribution in [3.05, 3.63) is 89.1 Å². The molecule has 2 aromatic carbocycles. The first-order valence-corrected chi connectivity index (χ1v) is 20.5. The van der Waals surface area contributed by atoms with Gasteiger partial charge in [-0.15, -0.1) is 5.10 Å². The summed E-state index contributed by atoms with van der Waals surface area (Å²) in [6.45, 7) is 0.427. The molecule has 7 rings (SSSR count). The molecule has 1 fully saturated rings. The van der Waals surface area contributed by atoms with Gasteiger partial charge in [0.1, 0.15) is 48.8 Å². The molecule has 1 saturated heterocycles. The molecule has 1 unspecified atom stereocenters. The third kappa shape index (κ3) is 11.6. The van der Waals surface area contributed by atoms with E-state index in [4.69, 9.17) is 23.7 Å². The number of phenols is 1. The van der Waals surface area contributed by atoms with E-state index in [1.807, 2.05) is 0 Å². The largest absolute Gasteiger partial charge is 0.506 e. The van der Waals surface area contributed by atoms with Gasteiger partial charge in [0.2, 0.25) is 17.7 Å². The lowest BCUT2D eigenvalue weighted by atomic mass is 9.98. The fourth-order valence-electron chi connectivity index (χ4n) is 6.96. The lowest BCUT2D eigenvalue weighted by Crippen LogP contribution is -2.54. The molecule has 26 heteroatoms. The molecule has 2 aliphatic rings. The fraction of sp³-hybridized carbons (Fsp3) is 0.357. The van der Waals surface area contributed by atoms with Crippen molar-refractivity contribution >= 4 is 29.5 Å². The van der Waals surface area contributed by atoms with E-state index >= 15 is 0 Å². The molecular formula is C42H39F6N9O11. The van der Waals surface area contributed by atoms with E-state index in [0.717, 1.165) is 11.1 Å². The van der Waals surface area contributed by atoms with Crippen LogP contribution in [-0.2, 0) is 54.1 Å². The summed E-state index contributed by atoms with van der Waals surface area (Å²) in [6, 6.07) is 7.16. The first-order valence-electron chi connectivity index (χ1n) is 20.5. The Hall–Kier alpha value is -7.45. The van der Waals surface area contributed by atoms with Gasteiger partial charge in [0, 0.05) is 29.9 Å². The summed E-state index contributed by atoms with van der Waals surface area (Å²) >= 11 is 0. The van der Waals surface area contributed by atoms with E-state index < -0.39 is 64.9 Å². The van der Waals surface area contributed by atoms with Gasteiger partial charge in [-0.25, -0.2) is 4.68 Å². The number of carbonyl (C=O) groups is 5. The van der Waals surface area contributed by atoms with Crippen molar-refractivity contribution in [2.24, 2.45) is 0 Å². The van der Waals surface area contributed by atoms with E-state index in [1.165, 1.54) is 28.9 Å². The average Bonchev–Trinajstić information content (AvgIpc) is 4.04. The Balaban J connectivity index is 0.774. The highest BCUT2D eigenvalue weighted by Crippen LogP contribution is 2.45. The molecule has 4 N–H and O–H groups in total. The average molecular weight is 960 g/mol. The van der Waals surface area contributed by atoms with Crippen molar-refractivity contribution in [1.82, 2.24) is 45.7 Å². The maximum atomic E-state index is 13.5. The molecule has 360 valence electrons. The number of carbonyl (C=O) groups excluding carboxylic acids is 5. The van der Waals surface area contributed by atoms with Crippen molar-refractivity contribution in [3.63, 3.8) is 0 Å². The SMILES string of the molecule is O=C(COCCOCCOCCn1cc(COc2cccc3c2C(=O)N(C2CCC(=O)NC2=O)C3=O)nn1)NCCOc1ccc(-c2cc(C(F)(F)F)n[nH]2)c(O)c1-c1cncc(C(F)(F)F)c1. The standard InChI is InChI=1S/C42H39F6N9O11/c43-41(44,45)24-16-23(18-49-19-24)35-31(6-4-26(37(35)60)28-17-32(54-53-28)42(46,47)48)67-10-8-50-34(59)22-66-15-14-65-13-12-64-11-9-56-20-25(52-55-56)21-68-30-3-1-2-27-36(30)40(63)57(39(27)62)29-5-7-33(58)51-38(29)61/h1-4,6,16-20,29,60H,5,7-15,21-22H2,(H,50,59)(H,53,54)(H,51,58,61). The Labute approximate surface area is 379 Å². The van der Waals surface area contributed by atoms with Crippen molar-refractivity contribution < 1.29 is 79.1 Å². The first-order chi connectivity index (χ1) is 32.5. The Morgan fingerprint density at radius 1 is 0.838 bits per heavy atom. The number of rotatable bonds is 21. The molecule has 0 aliphatic carbocycles. The van der Waals surface area contributed by atoms with Gasteiger partial charge in [-0.1, -0.05) is 11.3 Å². The number of alkyl halides is 6. The molecule has 0 radical (unpaired) electrons. The zero-order valence-electron chi connectivity index (χ0n) is 35.3. The van der Waals surface area contributed by atoms with Gasteiger partial charge >= 0.3 is 12.4 Å². The zero-order valence-corrected chi connectivity index (χ0v) is 35.3. The van der Waals surface area contributed by atoms with Gasteiger partial charge in [-0.2, -0.15) is 31.4 Å². The lowest BCUT2D eigenvalue weighted by molar-refractivity contribution is -0.141. The molecule has 0 bridgehead atoms. The first kappa shape index (κ1) is 48.5. The van der Waals surface area contributed by atoms with Crippen LogP contribution < -0.4 is 20.1 Å². The number of nitrogens with zero attached hydrogens (tertiary/aromatic N) is 6. The quantitative estimate of drug-likeness (QED) is 0.0465. The minimum Gasteiger partial charge on any atom is -0.506 e. The Kier molecular flexibility index (Phi) is 15.0. The third-order valence-electron chi connectivity index (χ3n) is 10.2. The van der Waals surface area contributed by atoms with Crippen LogP contribution in [0.4, 0.5) is 26.3 Å². The molecule has 20 nitrogen and oxygen atoms in total. The monoisotopic (exact) mass is 959 g/mol. The second kappa shape index (κ2) is 21.0. The van der Waals surface area contributed by atoms with Crippen molar-refractivity contribution in [2.75, 3.05) is 52.8 Å². The van der Waals surface area contributed by atoms with Crippen LogP contribution in [0.1, 0.15) is 50.5 Å². The number of aromatic nitrogens is 6. The highest BCUT2D eigenvalue weighted by Gasteiger charge is 2.46. The molecule has 5 aromatic rings. The predicted octanol–water partition coefficient (Wildman–Crippen LogP) is 3.70. The van der Waals surface area contributed by atoms with Crippen molar-refractivity contribution in [2.45, 2.75) is 44.4 Å². The number of amides is 5. The van der Waals surface area contributed by atoms with E-state index in [9.17, 15) is 55.4 Å². The van der Waals surface area contributed by atoms with Crippen molar-refractivity contribution in [1.29, 1.82) is 0 Å². The number of imide groups is 2. The molecule has 0 saturated carbocycles. The molecule has 5 amide bonds. The van der Waals surface area contributed by atoms with Crippen LogP contribution in [0.3, 0.4) is 0 Å². The van der Waals surface area contributed by atoms with Gasteiger partial charge in [0.25, 0.3) is 11.8 Å². The number of fused-ring (bicyclic) bond motifs is 1. The summed E-state index contributed by atoms with van der Waals surface area (Å²) in [4.78, 5) is 67.1. The van der Waals surface area contributed by atoms with Crippen LogP contribution in [0.2, 0.25) is 0 Å². The minimum atomic E-state index is -4.81. The van der Waals surface area contributed by atoms with Gasteiger partial charge < -0.3 is 34.1 Å². The molecule has 68 heavy (non-hydrogen) atoms. The highest BCUT2D eigenvalue weighted by atomic mass is 19.4. The Bertz CT molecular complexity index is 2670. The summed E-state index contributed by atoms with van der Waals surface area (Å²) in [7, 11) is 0. The van der Waals surface area contributed by atoms with Crippen LogP contribution >= 0.6 is 0 Å². The number of pyridine rings is 1.